The number of rotatable bonds is 10. The molecule has 8 nitrogen and oxygen atoms in total. The number of hydrogen-bond donors (Lipinski definition) is 1. The molecule has 0 unspecified atom stereocenters. The van der Waals surface area contributed by atoms with Gasteiger partial charge in [0.1, 0.15) is 17.2 Å². The van der Waals surface area contributed by atoms with E-state index in [4.69, 9.17) is 9.47 Å². The number of nitrogens with zero attached hydrogens (tertiary/aromatic N) is 1. The van der Waals surface area contributed by atoms with Gasteiger partial charge < -0.3 is 24.2 Å². The minimum atomic E-state index is -4.81. The van der Waals surface area contributed by atoms with Crippen LogP contribution < -0.4 is 9.47 Å². The molecule has 0 saturated carbocycles. The van der Waals surface area contributed by atoms with Crippen molar-refractivity contribution in [3.63, 3.8) is 0 Å². The van der Waals surface area contributed by atoms with Crippen LogP contribution in [0.4, 0.5) is 13.2 Å². The van der Waals surface area contributed by atoms with Crippen molar-refractivity contribution in [2.24, 2.45) is 0 Å². The molecular formula is C23H26F3NO7S. The standard InChI is InChI=1S/C23H26F3NO7S/c1-2-32-16-15-27-13-11-22(12-14-27,21(28)29)35(30,31)20-9-7-18(8-10-20)33-17-3-5-19(6-4-17)34-23(24,25)26/h3-10H,2,11-16H2,1H3,(H,28,29). The summed E-state index contributed by atoms with van der Waals surface area (Å²) in [6.45, 7) is 4.15. The van der Waals surface area contributed by atoms with E-state index in [2.05, 4.69) is 4.74 Å². The molecule has 1 saturated heterocycles. The van der Waals surface area contributed by atoms with Crippen LogP contribution in [0.5, 0.6) is 17.2 Å². The van der Waals surface area contributed by atoms with Gasteiger partial charge in [-0.1, -0.05) is 0 Å². The molecule has 1 N–H and O–H groups in total. The molecule has 1 aliphatic rings. The van der Waals surface area contributed by atoms with Gasteiger partial charge in [0.2, 0.25) is 0 Å². The van der Waals surface area contributed by atoms with E-state index in [1.165, 1.54) is 36.4 Å². The first-order valence-electron chi connectivity index (χ1n) is 10.9. The van der Waals surface area contributed by atoms with Gasteiger partial charge in [0.25, 0.3) is 0 Å². The minimum Gasteiger partial charge on any atom is -0.480 e. The van der Waals surface area contributed by atoms with Crippen LogP contribution in [-0.2, 0) is 19.4 Å². The molecule has 1 fully saturated rings. The molecule has 3 rings (SSSR count). The summed E-state index contributed by atoms with van der Waals surface area (Å²) >= 11 is 0. The molecule has 2 aromatic carbocycles. The number of hydrogen-bond acceptors (Lipinski definition) is 7. The van der Waals surface area contributed by atoms with E-state index >= 15 is 0 Å². The number of benzene rings is 2. The average molecular weight is 518 g/mol. The lowest BCUT2D eigenvalue weighted by molar-refractivity contribution is -0.274. The zero-order chi connectivity index (χ0) is 25.7. The highest BCUT2D eigenvalue weighted by molar-refractivity contribution is 7.93. The molecule has 0 atom stereocenters. The Morgan fingerprint density at radius 1 is 1.00 bits per heavy atom. The second-order valence-corrected chi connectivity index (χ2v) is 10.2. The number of piperidine rings is 1. The molecular weight excluding hydrogens is 491 g/mol. The van der Waals surface area contributed by atoms with Crippen molar-refractivity contribution in [3.05, 3.63) is 48.5 Å². The van der Waals surface area contributed by atoms with Gasteiger partial charge >= 0.3 is 12.3 Å². The topological polar surface area (TPSA) is 102 Å². The summed E-state index contributed by atoms with van der Waals surface area (Å²) in [5, 5.41) is 9.90. The normalized spacial score (nSPS) is 16.6. The van der Waals surface area contributed by atoms with Gasteiger partial charge in [-0.3, -0.25) is 4.79 Å². The van der Waals surface area contributed by atoms with E-state index in [0.29, 0.717) is 32.8 Å². The molecule has 12 heteroatoms. The Balaban J connectivity index is 1.70. The smallest absolute Gasteiger partial charge is 0.480 e. The highest BCUT2D eigenvalue weighted by Crippen LogP contribution is 2.37. The average Bonchev–Trinajstić information content (AvgIpc) is 2.80. The first-order valence-corrected chi connectivity index (χ1v) is 12.4. The first kappa shape index (κ1) is 26.8. The van der Waals surface area contributed by atoms with Crippen molar-refractivity contribution >= 4 is 15.8 Å². The van der Waals surface area contributed by atoms with Gasteiger partial charge in [-0.25, -0.2) is 8.42 Å². The molecule has 0 radical (unpaired) electrons. The fourth-order valence-corrected chi connectivity index (χ4v) is 5.73. The third-order valence-corrected chi connectivity index (χ3v) is 8.26. The van der Waals surface area contributed by atoms with Crippen LogP contribution in [0.2, 0.25) is 0 Å². The maximum Gasteiger partial charge on any atom is 0.573 e. The zero-order valence-electron chi connectivity index (χ0n) is 19.0. The highest BCUT2D eigenvalue weighted by atomic mass is 32.2. The largest absolute Gasteiger partial charge is 0.573 e. The Bertz CT molecular complexity index is 1100. The van der Waals surface area contributed by atoms with E-state index in [1.54, 1.807) is 0 Å². The second-order valence-electron chi connectivity index (χ2n) is 7.93. The highest BCUT2D eigenvalue weighted by Gasteiger charge is 2.53. The Kier molecular flexibility index (Phi) is 8.29. The number of carboxylic acids is 1. The lowest BCUT2D eigenvalue weighted by Crippen LogP contribution is -2.54. The predicted octanol–water partition coefficient (Wildman–Crippen LogP) is 4.11. The van der Waals surface area contributed by atoms with Crippen molar-refractivity contribution in [2.75, 3.05) is 32.8 Å². The van der Waals surface area contributed by atoms with Crippen LogP contribution in [0, 0.1) is 0 Å². The number of carbonyl (C=O) groups is 1. The first-order chi connectivity index (χ1) is 16.5. The second kappa shape index (κ2) is 10.8. The fourth-order valence-electron chi connectivity index (χ4n) is 3.83. The summed E-state index contributed by atoms with van der Waals surface area (Å²) in [6, 6.07) is 9.95. The summed E-state index contributed by atoms with van der Waals surface area (Å²) in [6.07, 6.45) is -4.92. The minimum absolute atomic E-state index is 0.0542. The molecule has 0 spiro atoms. The molecule has 1 aliphatic heterocycles. The number of alkyl halides is 3. The van der Waals surface area contributed by atoms with Gasteiger partial charge in [0, 0.05) is 26.2 Å². The van der Waals surface area contributed by atoms with E-state index in [0.717, 1.165) is 12.1 Å². The van der Waals surface area contributed by atoms with Crippen molar-refractivity contribution in [3.8, 4) is 17.2 Å². The number of halogens is 3. The van der Waals surface area contributed by atoms with Crippen LogP contribution in [0.25, 0.3) is 0 Å². The van der Waals surface area contributed by atoms with E-state index in [-0.39, 0.29) is 29.2 Å². The predicted molar refractivity (Wildman–Crippen MR) is 119 cm³/mol. The Labute approximate surface area is 201 Å². The molecule has 0 amide bonds. The van der Waals surface area contributed by atoms with Gasteiger partial charge in [-0.15, -0.1) is 13.2 Å². The van der Waals surface area contributed by atoms with Crippen LogP contribution in [0.1, 0.15) is 19.8 Å². The van der Waals surface area contributed by atoms with E-state index in [9.17, 15) is 31.5 Å². The number of ether oxygens (including phenoxy) is 3. The molecule has 0 bridgehead atoms. The third-order valence-electron chi connectivity index (χ3n) is 5.75. The molecule has 0 aromatic heterocycles. The molecule has 35 heavy (non-hydrogen) atoms. The number of carboxylic acid groups (broad SMARTS) is 1. The van der Waals surface area contributed by atoms with Gasteiger partial charge in [-0.2, -0.15) is 0 Å². The summed E-state index contributed by atoms with van der Waals surface area (Å²) in [4.78, 5) is 14.0. The quantitative estimate of drug-likeness (QED) is 0.470. The van der Waals surface area contributed by atoms with Crippen molar-refractivity contribution in [2.45, 2.75) is 35.8 Å². The molecule has 192 valence electrons. The lowest BCUT2D eigenvalue weighted by atomic mass is 9.96. The lowest BCUT2D eigenvalue weighted by Gasteiger charge is -2.38. The van der Waals surface area contributed by atoms with Gasteiger partial charge in [0.15, 0.2) is 14.6 Å². The zero-order valence-corrected chi connectivity index (χ0v) is 19.8. The number of likely N-dealkylation sites (tertiary alicyclic amines) is 1. The van der Waals surface area contributed by atoms with Crippen molar-refractivity contribution < 1.29 is 45.7 Å². The summed E-state index contributed by atoms with van der Waals surface area (Å²) < 4.78 is 76.3. The number of sulfone groups is 1. The van der Waals surface area contributed by atoms with Crippen molar-refractivity contribution in [1.82, 2.24) is 4.90 Å². The van der Waals surface area contributed by atoms with Crippen LogP contribution in [-0.4, -0.2) is 68.4 Å². The fraction of sp³-hybridized carbons (Fsp3) is 0.435. The molecule has 0 aliphatic carbocycles. The van der Waals surface area contributed by atoms with Crippen LogP contribution in [0.3, 0.4) is 0 Å². The van der Waals surface area contributed by atoms with Crippen LogP contribution >= 0.6 is 0 Å². The van der Waals surface area contributed by atoms with Crippen molar-refractivity contribution in [1.29, 1.82) is 0 Å². The van der Waals surface area contributed by atoms with Crippen LogP contribution in [0.15, 0.2) is 53.4 Å². The van der Waals surface area contributed by atoms with Gasteiger partial charge in [0.05, 0.1) is 11.5 Å². The summed E-state index contributed by atoms with van der Waals surface area (Å²) in [5.74, 6) is -1.36. The van der Waals surface area contributed by atoms with E-state index < -0.39 is 32.7 Å². The molecule has 2 aromatic rings. The van der Waals surface area contributed by atoms with E-state index in [1.807, 2.05) is 11.8 Å². The summed E-state index contributed by atoms with van der Waals surface area (Å²) in [7, 11) is -4.22. The Hall–Kier alpha value is -2.83. The number of aliphatic carboxylic acids is 1. The third kappa shape index (κ3) is 6.44. The maximum atomic E-state index is 13.4. The molecule has 1 heterocycles. The summed E-state index contributed by atoms with van der Waals surface area (Å²) in [5.41, 5.74) is 0. The Morgan fingerprint density at radius 2 is 1.51 bits per heavy atom. The maximum absolute atomic E-state index is 13.4. The SMILES string of the molecule is CCOCCN1CCC(C(=O)O)(S(=O)(=O)c2ccc(Oc3ccc(OC(F)(F)F)cc3)cc2)CC1. The van der Waals surface area contributed by atoms with Gasteiger partial charge in [-0.05, 0) is 68.3 Å². The Morgan fingerprint density at radius 3 is 2.00 bits per heavy atom. The monoisotopic (exact) mass is 517 g/mol.